The van der Waals surface area contributed by atoms with Gasteiger partial charge in [-0.1, -0.05) is 13.8 Å². The van der Waals surface area contributed by atoms with E-state index in [-0.39, 0.29) is 5.41 Å². The first-order valence-corrected chi connectivity index (χ1v) is 6.44. The first-order valence-electron chi connectivity index (χ1n) is 6.44. The van der Waals surface area contributed by atoms with Crippen LogP contribution in [0.1, 0.15) is 19.7 Å². The van der Waals surface area contributed by atoms with Crippen molar-refractivity contribution in [2.75, 3.05) is 32.5 Å². The average molecular weight is 262 g/mol. The minimum absolute atomic E-state index is 0.160. The summed E-state index contributed by atoms with van der Waals surface area (Å²) < 4.78 is 1.94. The van der Waals surface area contributed by atoms with Crippen molar-refractivity contribution in [3.05, 3.63) is 18.2 Å². The van der Waals surface area contributed by atoms with E-state index in [4.69, 9.17) is 0 Å². The Hall–Kier alpha value is -1.69. The molecule has 0 aliphatic carbocycles. The number of nitrogens with zero attached hydrogens (tertiary/aromatic N) is 5. The maximum absolute atomic E-state index is 4.35. The van der Waals surface area contributed by atoms with Crippen LogP contribution in [0.2, 0.25) is 0 Å². The van der Waals surface area contributed by atoms with Crippen LogP contribution in [0.4, 0.5) is 5.82 Å². The Bertz CT molecular complexity index is 557. The van der Waals surface area contributed by atoms with Gasteiger partial charge in [0.05, 0.1) is 0 Å². The van der Waals surface area contributed by atoms with Crippen LogP contribution >= 0.6 is 0 Å². The molecule has 0 aliphatic rings. The van der Waals surface area contributed by atoms with Gasteiger partial charge in [0.2, 0.25) is 5.65 Å². The molecule has 2 heterocycles. The second-order valence-corrected chi connectivity index (χ2v) is 5.97. The molecule has 0 unspecified atom stereocenters. The van der Waals surface area contributed by atoms with Crippen molar-refractivity contribution >= 4 is 11.5 Å². The fourth-order valence-electron chi connectivity index (χ4n) is 2.30. The molecule has 2 rings (SSSR count). The lowest BCUT2D eigenvalue weighted by molar-refractivity contribution is 0.254. The van der Waals surface area contributed by atoms with Crippen molar-refractivity contribution in [1.82, 2.24) is 24.5 Å². The molecule has 0 spiro atoms. The molecule has 0 saturated heterocycles. The Morgan fingerprint density at radius 2 is 2.05 bits per heavy atom. The lowest BCUT2D eigenvalue weighted by atomic mass is 9.93. The number of hydrogen-bond acceptors (Lipinski definition) is 5. The van der Waals surface area contributed by atoms with Crippen LogP contribution in [0, 0.1) is 12.3 Å². The van der Waals surface area contributed by atoms with Crippen LogP contribution in [0.15, 0.2) is 12.4 Å². The van der Waals surface area contributed by atoms with E-state index in [0.29, 0.717) is 0 Å². The molecule has 6 nitrogen and oxygen atoms in total. The summed E-state index contributed by atoms with van der Waals surface area (Å²) in [6.07, 6.45) is 3.64. The second-order valence-electron chi connectivity index (χ2n) is 5.97. The van der Waals surface area contributed by atoms with Gasteiger partial charge in [0.15, 0.2) is 5.82 Å². The van der Waals surface area contributed by atoms with Gasteiger partial charge in [-0.15, -0.1) is 10.2 Å². The largest absolute Gasteiger partial charge is 0.366 e. The summed E-state index contributed by atoms with van der Waals surface area (Å²) in [6, 6.07) is 0. The number of aromatic nitrogens is 4. The van der Waals surface area contributed by atoms with Crippen LogP contribution in [0.3, 0.4) is 0 Å². The number of hydrogen-bond donors (Lipinski definition) is 1. The molecule has 1 N–H and O–H groups in total. The van der Waals surface area contributed by atoms with Crippen LogP contribution in [0.5, 0.6) is 0 Å². The van der Waals surface area contributed by atoms with Crippen molar-refractivity contribution in [1.29, 1.82) is 0 Å². The summed E-state index contributed by atoms with van der Waals surface area (Å²) in [5.41, 5.74) is 0.938. The topological polar surface area (TPSA) is 58.4 Å². The zero-order chi connectivity index (χ0) is 14.0. The Kier molecular flexibility index (Phi) is 3.71. The highest BCUT2D eigenvalue weighted by Gasteiger charge is 2.19. The SMILES string of the molecule is Cc1nnc2c(NCC(C)(C)CN(C)C)nccn12. The van der Waals surface area contributed by atoms with Gasteiger partial charge in [-0.3, -0.25) is 4.40 Å². The molecule has 104 valence electrons. The first kappa shape index (κ1) is 13.7. The lowest BCUT2D eigenvalue weighted by Crippen LogP contribution is -2.34. The van der Waals surface area contributed by atoms with Gasteiger partial charge in [0.1, 0.15) is 5.82 Å². The monoisotopic (exact) mass is 262 g/mol. The third kappa shape index (κ3) is 3.20. The van der Waals surface area contributed by atoms with Crippen molar-refractivity contribution in [2.24, 2.45) is 5.41 Å². The van der Waals surface area contributed by atoms with Crippen molar-refractivity contribution in [3.63, 3.8) is 0 Å². The highest BCUT2D eigenvalue weighted by Crippen LogP contribution is 2.18. The number of anilines is 1. The number of rotatable bonds is 5. The average Bonchev–Trinajstić information content (AvgIpc) is 2.68. The fraction of sp³-hybridized carbons (Fsp3) is 0.615. The second kappa shape index (κ2) is 5.13. The summed E-state index contributed by atoms with van der Waals surface area (Å²) in [6.45, 7) is 8.24. The predicted octanol–water partition coefficient (Wildman–Crippen LogP) is 1.43. The highest BCUT2D eigenvalue weighted by atomic mass is 15.3. The molecule has 2 aromatic heterocycles. The molecule has 0 amide bonds. The maximum atomic E-state index is 4.35. The van der Waals surface area contributed by atoms with Crippen LogP contribution in [-0.4, -0.2) is 51.7 Å². The van der Waals surface area contributed by atoms with Crippen molar-refractivity contribution in [3.8, 4) is 0 Å². The molecule has 0 bridgehead atoms. The Morgan fingerprint density at radius 3 is 2.74 bits per heavy atom. The summed E-state index contributed by atoms with van der Waals surface area (Å²) in [5.74, 6) is 1.66. The van der Waals surface area contributed by atoms with Crippen molar-refractivity contribution in [2.45, 2.75) is 20.8 Å². The van der Waals surface area contributed by atoms with Crippen LogP contribution in [0.25, 0.3) is 5.65 Å². The predicted molar refractivity (Wildman–Crippen MR) is 76.3 cm³/mol. The fourth-order valence-corrected chi connectivity index (χ4v) is 2.30. The number of fused-ring (bicyclic) bond motifs is 1. The molecule has 6 heteroatoms. The van der Waals surface area contributed by atoms with E-state index in [1.807, 2.05) is 17.5 Å². The van der Waals surface area contributed by atoms with Gasteiger partial charge in [-0.05, 0) is 26.4 Å². The summed E-state index contributed by atoms with van der Waals surface area (Å²) in [5, 5.41) is 11.6. The summed E-state index contributed by atoms with van der Waals surface area (Å²) >= 11 is 0. The molecule has 0 radical (unpaired) electrons. The van der Waals surface area contributed by atoms with E-state index >= 15 is 0 Å². The van der Waals surface area contributed by atoms with Gasteiger partial charge in [-0.25, -0.2) is 4.98 Å². The molecule has 2 aromatic rings. The van der Waals surface area contributed by atoms with Gasteiger partial charge >= 0.3 is 0 Å². The quantitative estimate of drug-likeness (QED) is 0.883. The van der Waals surface area contributed by atoms with Gasteiger partial charge in [-0.2, -0.15) is 0 Å². The van der Waals surface area contributed by atoms with Crippen LogP contribution < -0.4 is 5.32 Å². The molecular formula is C13H22N6. The minimum Gasteiger partial charge on any atom is -0.366 e. The Morgan fingerprint density at radius 1 is 1.32 bits per heavy atom. The van der Waals surface area contributed by atoms with Gasteiger partial charge in [0, 0.05) is 25.5 Å². The minimum atomic E-state index is 0.160. The molecule has 0 aromatic carbocycles. The summed E-state index contributed by atoms with van der Waals surface area (Å²) in [4.78, 5) is 6.55. The Labute approximate surface area is 113 Å². The zero-order valence-corrected chi connectivity index (χ0v) is 12.3. The molecule has 0 aliphatic heterocycles. The first-order chi connectivity index (χ1) is 8.89. The smallest absolute Gasteiger partial charge is 0.203 e. The number of aryl methyl sites for hydroxylation is 1. The Balaban J connectivity index is 2.14. The normalized spacial score (nSPS) is 12.3. The third-order valence-corrected chi connectivity index (χ3v) is 2.98. The molecular weight excluding hydrogens is 240 g/mol. The maximum Gasteiger partial charge on any atom is 0.203 e. The van der Waals surface area contributed by atoms with E-state index in [2.05, 4.69) is 53.3 Å². The van der Waals surface area contributed by atoms with E-state index in [0.717, 1.165) is 30.4 Å². The highest BCUT2D eigenvalue weighted by molar-refractivity contribution is 5.61. The molecule has 0 atom stereocenters. The van der Waals surface area contributed by atoms with Gasteiger partial charge < -0.3 is 10.2 Å². The lowest BCUT2D eigenvalue weighted by Gasteiger charge is -2.28. The third-order valence-electron chi connectivity index (χ3n) is 2.98. The molecule has 0 fully saturated rings. The van der Waals surface area contributed by atoms with E-state index in [9.17, 15) is 0 Å². The standard InChI is InChI=1S/C13H22N6/c1-10-16-17-12-11(14-6-7-19(10)12)15-8-13(2,3)9-18(4)5/h6-7H,8-9H2,1-5H3,(H,14,15). The summed E-state index contributed by atoms with van der Waals surface area (Å²) in [7, 11) is 4.17. The van der Waals surface area contributed by atoms with Gasteiger partial charge in [0.25, 0.3) is 0 Å². The van der Waals surface area contributed by atoms with E-state index in [1.165, 1.54) is 0 Å². The molecule has 19 heavy (non-hydrogen) atoms. The molecule has 0 saturated carbocycles. The van der Waals surface area contributed by atoms with E-state index in [1.54, 1.807) is 6.20 Å². The number of nitrogens with one attached hydrogen (secondary N) is 1. The van der Waals surface area contributed by atoms with E-state index < -0.39 is 0 Å². The zero-order valence-electron chi connectivity index (χ0n) is 12.3. The van der Waals surface area contributed by atoms with Crippen LogP contribution in [-0.2, 0) is 0 Å². The van der Waals surface area contributed by atoms with Crippen molar-refractivity contribution < 1.29 is 0 Å².